The van der Waals surface area contributed by atoms with Crippen molar-refractivity contribution in [2.24, 2.45) is 5.92 Å². The van der Waals surface area contributed by atoms with E-state index in [1.165, 1.54) is 0 Å². The van der Waals surface area contributed by atoms with E-state index in [4.69, 9.17) is 4.74 Å². The Morgan fingerprint density at radius 3 is 2.95 bits per heavy atom. The topological polar surface area (TPSA) is 75.3 Å². The van der Waals surface area contributed by atoms with Crippen molar-refractivity contribution in [3.05, 3.63) is 40.3 Å². The third kappa shape index (κ3) is 2.54. The maximum atomic E-state index is 12.6. The van der Waals surface area contributed by atoms with Gasteiger partial charge in [0.1, 0.15) is 0 Å². The molecule has 1 aromatic carbocycles. The zero-order valence-electron chi connectivity index (χ0n) is 11.8. The van der Waals surface area contributed by atoms with Gasteiger partial charge in [-0.3, -0.25) is 9.59 Å². The maximum Gasteiger partial charge on any atom is 0.274 e. The molecule has 2 aromatic rings. The van der Waals surface area contributed by atoms with Gasteiger partial charge in [-0.25, -0.2) is 5.10 Å². The lowest BCUT2D eigenvalue weighted by Crippen LogP contribution is -2.31. The first kappa shape index (κ1) is 13.8. The van der Waals surface area contributed by atoms with Gasteiger partial charge in [-0.2, -0.15) is 5.10 Å². The minimum atomic E-state index is -0.277. The van der Waals surface area contributed by atoms with Crippen LogP contribution >= 0.6 is 0 Å². The van der Waals surface area contributed by atoms with E-state index in [9.17, 15) is 9.59 Å². The predicted octanol–water partition coefficient (Wildman–Crippen LogP) is 1.03. The van der Waals surface area contributed by atoms with E-state index in [2.05, 4.69) is 10.2 Å². The number of ether oxygens (including phenoxy) is 1. The number of carbonyl (C=O) groups is 1. The highest BCUT2D eigenvalue weighted by molar-refractivity contribution is 6.04. The van der Waals surface area contributed by atoms with Crippen LogP contribution in [0.5, 0.6) is 0 Å². The number of aromatic amines is 1. The molecule has 1 amide bonds. The number of methoxy groups -OCH3 is 1. The number of likely N-dealkylation sites (tertiary alicyclic amines) is 1. The van der Waals surface area contributed by atoms with Gasteiger partial charge in [0, 0.05) is 31.5 Å². The standard InChI is InChI=1S/C15H17N3O3/c1-21-9-10-6-7-18(8-10)15(20)13-11-4-2-3-5-12(11)14(19)17-16-13/h2-5,10H,6-9H2,1H3,(H,17,19). The molecule has 3 rings (SSSR count). The quantitative estimate of drug-likeness (QED) is 0.915. The molecular weight excluding hydrogens is 270 g/mol. The zero-order valence-corrected chi connectivity index (χ0v) is 11.8. The minimum absolute atomic E-state index is 0.138. The third-order valence-corrected chi connectivity index (χ3v) is 3.87. The second-order valence-electron chi connectivity index (χ2n) is 5.31. The number of aromatic nitrogens is 2. The highest BCUT2D eigenvalue weighted by atomic mass is 16.5. The normalized spacial score (nSPS) is 18.3. The van der Waals surface area contributed by atoms with Gasteiger partial charge in [-0.05, 0) is 12.5 Å². The molecule has 1 aromatic heterocycles. The smallest absolute Gasteiger partial charge is 0.274 e. The number of hydrogen-bond donors (Lipinski definition) is 1. The Morgan fingerprint density at radius 2 is 2.19 bits per heavy atom. The van der Waals surface area contributed by atoms with Gasteiger partial charge in [0.15, 0.2) is 5.69 Å². The monoisotopic (exact) mass is 287 g/mol. The Labute approximate surface area is 121 Å². The van der Waals surface area contributed by atoms with Gasteiger partial charge in [-0.1, -0.05) is 18.2 Å². The van der Waals surface area contributed by atoms with Crippen molar-refractivity contribution in [1.29, 1.82) is 0 Å². The summed E-state index contributed by atoms with van der Waals surface area (Å²) in [5, 5.41) is 7.46. The summed E-state index contributed by atoms with van der Waals surface area (Å²) in [6.45, 7) is 2.02. The Morgan fingerprint density at radius 1 is 1.43 bits per heavy atom. The lowest BCUT2D eigenvalue weighted by molar-refractivity contribution is 0.0770. The minimum Gasteiger partial charge on any atom is -0.384 e. The summed E-state index contributed by atoms with van der Waals surface area (Å²) in [5.74, 6) is 0.231. The molecule has 1 atom stereocenters. The fourth-order valence-corrected chi connectivity index (χ4v) is 2.82. The van der Waals surface area contributed by atoms with Crippen molar-refractivity contribution < 1.29 is 9.53 Å². The lowest BCUT2D eigenvalue weighted by atomic mass is 10.1. The van der Waals surface area contributed by atoms with Crippen LogP contribution in [0.4, 0.5) is 0 Å². The molecule has 0 saturated carbocycles. The van der Waals surface area contributed by atoms with Crippen LogP contribution in [0.3, 0.4) is 0 Å². The number of benzene rings is 1. The first-order valence-electron chi connectivity index (χ1n) is 6.96. The van der Waals surface area contributed by atoms with Crippen molar-refractivity contribution >= 4 is 16.7 Å². The molecule has 0 aliphatic carbocycles. The van der Waals surface area contributed by atoms with Crippen molar-refractivity contribution in [2.45, 2.75) is 6.42 Å². The molecule has 1 fully saturated rings. The summed E-state index contributed by atoms with van der Waals surface area (Å²) in [5.41, 5.74) is 0.0316. The zero-order chi connectivity index (χ0) is 14.8. The van der Waals surface area contributed by atoms with Crippen molar-refractivity contribution in [3.63, 3.8) is 0 Å². The molecule has 6 nitrogen and oxygen atoms in total. The first-order valence-corrected chi connectivity index (χ1v) is 6.96. The molecule has 1 aliphatic heterocycles. The SMILES string of the molecule is COCC1CCN(C(=O)c2n[nH]c(=O)c3ccccc23)C1. The lowest BCUT2D eigenvalue weighted by Gasteiger charge is -2.16. The van der Waals surface area contributed by atoms with E-state index in [1.54, 1.807) is 36.3 Å². The van der Waals surface area contributed by atoms with Gasteiger partial charge >= 0.3 is 0 Å². The average molecular weight is 287 g/mol. The Balaban J connectivity index is 1.93. The van der Waals surface area contributed by atoms with Crippen molar-refractivity contribution in [3.8, 4) is 0 Å². The maximum absolute atomic E-state index is 12.6. The Bertz CT molecular complexity index is 725. The third-order valence-electron chi connectivity index (χ3n) is 3.87. The van der Waals surface area contributed by atoms with Gasteiger partial charge in [0.25, 0.3) is 11.5 Å². The second-order valence-corrected chi connectivity index (χ2v) is 5.31. The summed E-state index contributed by atoms with van der Waals surface area (Å²) >= 11 is 0. The van der Waals surface area contributed by atoms with E-state index in [1.807, 2.05) is 0 Å². The van der Waals surface area contributed by atoms with Crippen LogP contribution in [0.1, 0.15) is 16.9 Å². The molecule has 110 valence electrons. The van der Waals surface area contributed by atoms with Crippen LogP contribution in [0.2, 0.25) is 0 Å². The van der Waals surface area contributed by atoms with Crippen molar-refractivity contribution in [1.82, 2.24) is 15.1 Å². The summed E-state index contributed by atoms with van der Waals surface area (Å²) in [4.78, 5) is 26.1. The summed E-state index contributed by atoms with van der Waals surface area (Å²) in [6.07, 6.45) is 0.931. The number of nitrogens with zero attached hydrogens (tertiary/aromatic N) is 2. The van der Waals surface area contributed by atoms with E-state index in [0.29, 0.717) is 42.1 Å². The largest absolute Gasteiger partial charge is 0.384 e. The van der Waals surface area contributed by atoms with Gasteiger partial charge in [-0.15, -0.1) is 0 Å². The van der Waals surface area contributed by atoms with E-state index < -0.39 is 0 Å². The molecule has 1 saturated heterocycles. The molecule has 2 heterocycles. The number of fused-ring (bicyclic) bond motifs is 1. The number of H-pyrrole nitrogens is 1. The number of carbonyl (C=O) groups excluding carboxylic acids is 1. The highest BCUT2D eigenvalue weighted by Gasteiger charge is 2.28. The molecule has 1 N–H and O–H groups in total. The molecule has 0 spiro atoms. The molecule has 1 unspecified atom stereocenters. The molecule has 1 aliphatic rings. The number of amides is 1. The Kier molecular flexibility index (Phi) is 3.70. The summed E-state index contributed by atoms with van der Waals surface area (Å²) in [6, 6.07) is 7.03. The molecule has 0 bridgehead atoms. The van der Waals surface area contributed by atoms with Crippen LogP contribution in [0, 0.1) is 5.92 Å². The average Bonchev–Trinajstić information content (AvgIpc) is 2.96. The number of nitrogens with one attached hydrogen (secondary N) is 1. The van der Waals surface area contributed by atoms with Gasteiger partial charge in [0.05, 0.1) is 12.0 Å². The van der Waals surface area contributed by atoms with Crippen LogP contribution in [-0.4, -0.2) is 47.8 Å². The fraction of sp³-hybridized carbons (Fsp3) is 0.400. The first-order chi connectivity index (χ1) is 10.2. The highest BCUT2D eigenvalue weighted by Crippen LogP contribution is 2.20. The summed E-state index contributed by atoms with van der Waals surface area (Å²) in [7, 11) is 1.67. The molecular formula is C15H17N3O3. The van der Waals surface area contributed by atoms with Gasteiger partial charge in [0.2, 0.25) is 0 Å². The Hall–Kier alpha value is -2.21. The fourth-order valence-electron chi connectivity index (χ4n) is 2.82. The van der Waals surface area contributed by atoms with Crippen LogP contribution in [0.25, 0.3) is 10.8 Å². The van der Waals surface area contributed by atoms with Crippen LogP contribution in [-0.2, 0) is 4.74 Å². The molecule has 0 radical (unpaired) electrons. The van der Waals surface area contributed by atoms with Gasteiger partial charge < -0.3 is 9.64 Å². The molecule has 21 heavy (non-hydrogen) atoms. The molecule has 6 heteroatoms. The summed E-state index contributed by atoms with van der Waals surface area (Å²) < 4.78 is 5.14. The predicted molar refractivity (Wildman–Crippen MR) is 78.3 cm³/mol. The number of hydrogen-bond acceptors (Lipinski definition) is 4. The van der Waals surface area contributed by atoms with Crippen molar-refractivity contribution in [2.75, 3.05) is 26.8 Å². The van der Waals surface area contributed by atoms with Crippen LogP contribution in [0.15, 0.2) is 29.1 Å². The van der Waals surface area contributed by atoms with E-state index in [-0.39, 0.29) is 11.5 Å². The van der Waals surface area contributed by atoms with Crippen LogP contribution < -0.4 is 5.56 Å². The number of rotatable bonds is 3. The van der Waals surface area contributed by atoms with E-state index in [0.717, 1.165) is 6.42 Å². The van der Waals surface area contributed by atoms with E-state index >= 15 is 0 Å². The second kappa shape index (κ2) is 5.65.